The van der Waals surface area contributed by atoms with E-state index in [1.165, 1.54) is 0 Å². The molecule has 0 fully saturated rings. The number of carboxylic acids is 1. The van der Waals surface area contributed by atoms with Gasteiger partial charge in [0.1, 0.15) is 6.04 Å². The first-order chi connectivity index (χ1) is 10.3. The van der Waals surface area contributed by atoms with E-state index in [9.17, 15) is 9.59 Å². The van der Waals surface area contributed by atoms with Crippen LogP contribution in [-0.2, 0) is 9.59 Å². The Bertz CT molecular complexity index is 538. The van der Waals surface area contributed by atoms with Gasteiger partial charge in [-0.05, 0) is 24.1 Å². The van der Waals surface area contributed by atoms with Gasteiger partial charge < -0.3 is 15.7 Å². The number of carbonyl (C=O) groups excluding carboxylic acids is 1. The summed E-state index contributed by atoms with van der Waals surface area (Å²) in [4.78, 5) is 23.0. The molecule has 0 aromatic heterocycles. The van der Waals surface area contributed by atoms with Crippen LogP contribution in [0.3, 0.4) is 0 Å². The van der Waals surface area contributed by atoms with E-state index in [1.54, 1.807) is 18.2 Å². The van der Waals surface area contributed by atoms with Crippen molar-refractivity contribution in [3.8, 4) is 0 Å². The second kappa shape index (κ2) is 8.98. The number of carboxylic acid groups (broad SMARTS) is 1. The van der Waals surface area contributed by atoms with Gasteiger partial charge >= 0.3 is 5.97 Å². The molecule has 22 heavy (non-hydrogen) atoms. The van der Waals surface area contributed by atoms with Crippen molar-refractivity contribution >= 4 is 40.8 Å². The van der Waals surface area contributed by atoms with Gasteiger partial charge in [0.25, 0.3) is 0 Å². The molecule has 0 radical (unpaired) electrons. The molecule has 5 nitrogen and oxygen atoms in total. The SMILES string of the molecule is CC[C@H](C)[C@H](NCCC(=O)Nc1cc(Cl)ccc1Cl)C(=O)O. The number of aliphatic carboxylic acids is 1. The van der Waals surface area contributed by atoms with E-state index in [2.05, 4.69) is 10.6 Å². The van der Waals surface area contributed by atoms with Gasteiger partial charge in [-0.2, -0.15) is 0 Å². The minimum absolute atomic E-state index is 0.0112. The van der Waals surface area contributed by atoms with Crippen LogP contribution in [0.2, 0.25) is 10.0 Å². The Morgan fingerprint density at radius 3 is 2.59 bits per heavy atom. The molecule has 0 saturated carbocycles. The molecule has 1 amide bonds. The van der Waals surface area contributed by atoms with Crippen LogP contribution in [0.25, 0.3) is 0 Å². The first kappa shape index (κ1) is 18.7. The maximum atomic E-state index is 11.9. The predicted molar refractivity (Wildman–Crippen MR) is 88.6 cm³/mol. The lowest BCUT2D eigenvalue weighted by Gasteiger charge is -2.20. The van der Waals surface area contributed by atoms with Gasteiger partial charge in [-0.1, -0.05) is 43.5 Å². The van der Waals surface area contributed by atoms with E-state index in [4.69, 9.17) is 28.3 Å². The van der Waals surface area contributed by atoms with E-state index in [-0.39, 0.29) is 24.8 Å². The lowest BCUT2D eigenvalue weighted by Crippen LogP contribution is -2.42. The van der Waals surface area contributed by atoms with Crippen molar-refractivity contribution in [2.45, 2.75) is 32.7 Å². The molecule has 0 saturated heterocycles. The number of halogens is 2. The van der Waals surface area contributed by atoms with Crippen molar-refractivity contribution in [1.82, 2.24) is 5.32 Å². The molecule has 122 valence electrons. The van der Waals surface area contributed by atoms with Crippen molar-refractivity contribution < 1.29 is 14.7 Å². The molecule has 2 atom stereocenters. The highest BCUT2D eigenvalue weighted by Crippen LogP contribution is 2.25. The average molecular weight is 347 g/mol. The van der Waals surface area contributed by atoms with Gasteiger partial charge in [-0.15, -0.1) is 0 Å². The fraction of sp³-hybridized carbons (Fsp3) is 0.467. The average Bonchev–Trinajstić information content (AvgIpc) is 2.46. The largest absolute Gasteiger partial charge is 0.480 e. The zero-order chi connectivity index (χ0) is 16.7. The highest BCUT2D eigenvalue weighted by Gasteiger charge is 2.22. The van der Waals surface area contributed by atoms with Crippen LogP contribution in [0.1, 0.15) is 26.7 Å². The van der Waals surface area contributed by atoms with Gasteiger partial charge in [-0.3, -0.25) is 9.59 Å². The van der Waals surface area contributed by atoms with Crippen molar-refractivity contribution in [3.05, 3.63) is 28.2 Å². The first-order valence-electron chi connectivity index (χ1n) is 7.06. The second-order valence-corrected chi connectivity index (χ2v) is 5.92. The maximum Gasteiger partial charge on any atom is 0.320 e. The summed E-state index contributed by atoms with van der Waals surface area (Å²) in [6.45, 7) is 4.05. The number of hydrogen-bond donors (Lipinski definition) is 3. The molecule has 0 spiro atoms. The highest BCUT2D eigenvalue weighted by molar-refractivity contribution is 6.35. The van der Waals surface area contributed by atoms with E-state index in [1.807, 2.05) is 13.8 Å². The molecule has 0 bridgehead atoms. The van der Waals surface area contributed by atoms with E-state index in [0.717, 1.165) is 6.42 Å². The Morgan fingerprint density at radius 2 is 2.00 bits per heavy atom. The molecule has 7 heteroatoms. The number of benzene rings is 1. The smallest absolute Gasteiger partial charge is 0.320 e. The van der Waals surface area contributed by atoms with Gasteiger partial charge in [0.15, 0.2) is 0 Å². The summed E-state index contributed by atoms with van der Waals surface area (Å²) in [5.74, 6) is -1.18. The lowest BCUT2D eigenvalue weighted by atomic mass is 9.99. The standard InChI is InChI=1S/C15H20Cl2N2O3/c1-3-9(2)14(15(21)22)18-7-6-13(20)19-12-8-10(16)4-5-11(12)17/h4-5,8-9,14,18H,3,6-7H2,1-2H3,(H,19,20)(H,21,22)/t9-,14-/m0/s1. The topological polar surface area (TPSA) is 78.4 Å². The minimum atomic E-state index is -0.910. The van der Waals surface area contributed by atoms with E-state index < -0.39 is 12.0 Å². The summed E-state index contributed by atoms with van der Waals surface area (Å²) in [5, 5.41) is 15.6. The summed E-state index contributed by atoms with van der Waals surface area (Å²) in [6, 6.07) is 4.13. The fourth-order valence-electron chi connectivity index (χ4n) is 1.91. The molecule has 1 aromatic carbocycles. The molecule has 0 aliphatic rings. The number of anilines is 1. The second-order valence-electron chi connectivity index (χ2n) is 5.08. The molecule has 0 unspecified atom stereocenters. The normalized spacial score (nSPS) is 13.5. The monoisotopic (exact) mass is 346 g/mol. The number of nitrogens with one attached hydrogen (secondary N) is 2. The van der Waals surface area contributed by atoms with Crippen LogP contribution in [0.15, 0.2) is 18.2 Å². The van der Waals surface area contributed by atoms with Crippen molar-refractivity contribution in [1.29, 1.82) is 0 Å². The van der Waals surface area contributed by atoms with Crippen LogP contribution in [-0.4, -0.2) is 29.6 Å². The maximum absolute atomic E-state index is 11.9. The van der Waals surface area contributed by atoms with Crippen LogP contribution in [0.4, 0.5) is 5.69 Å². The van der Waals surface area contributed by atoms with Crippen molar-refractivity contribution in [3.63, 3.8) is 0 Å². The Kier molecular flexibility index (Phi) is 7.65. The third-order valence-corrected chi connectivity index (χ3v) is 3.96. The van der Waals surface area contributed by atoms with E-state index >= 15 is 0 Å². The van der Waals surface area contributed by atoms with Crippen LogP contribution >= 0.6 is 23.2 Å². The Morgan fingerprint density at radius 1 is 1.32 bits per heavy atom. The molecule has 1 aromatic rings. The van der Waals surface area contributed by atoms with Gasteiger partial charge in [-0.25, -0.2) is 0 Å². The molecule has 0 heterocycles. The number of hydrogen-bond acceptors (Lipinski definition) is 3. The molecule has 3 N–H and O–H groups in total. The predicted octanol–water partition coefficient (Wildman–Crippen LogP) is 3.41. The summed E-state index contributed by atoms with van der Waals surface area (Å²) in [7, 11) is 0. The minimum Gasteiger partial charge on any atom is -0.480 e. The zero-order valence-electron chi connectivity index (χ0n) is 12.5. The summed E-state index contributed by atoms with van der Waals surface area (Å²) in [6.07, 6.45) is 0.886. The quantitative estimate of drug-likeness (QED) is 0.673. The molecule has 0 aliphatic heterocycles. The van der Waals surface area contributed by atoms with Crippen molar-refractivity contribution in [2.75, 3.05) is 11.9 Å². The molecule has 0 aliphatic carbocycles. The van der Waals surface area contributed by atoms with Crippen molar-refractivity contribution in [2.24, 2.45) is 5.92 Å². The van der Waals surface area contributed by atoms with Crippen LogP contribution < -0.4 is 10.6 Å². The zero-order valence-corrected chi connectivity index (χ0v) is 14.0. The Labute approximate surface area is 140 Å². The van der Waals surface area contributed by atoms with Gasteiger partial charge in [0, 0.05) is 18.0 Å². The summed E-state index contributed by atoms with van der Waals surface area (Å²) < 4.78 is 0. The number of amides is 1. The van der Waals surface area contributed by atoms with Gasteiger partial charge in [0.2, 0.25) is 5.91 Å². The fourth-order valence-corrected chi connectivity index (χ4v) is 2.25. The van der Waals surface area contributed by atoms with Gasteiger partial charge in [0.05, 0.1) is 10.7 Å². The lowest BCUT2D eigenvalue weighted by molar-refractivity contribution is -0.141. The third-order valence-electron chi connectivity index (χ3n) is 3.40. The van der Waals surface area contributed by atoms with Crippen LogP contribution in [0.5, 0.6) is 0 Å². The Hall–Kier alpha value is -1.30. The van der Waals surface area contributed by atoms with Crippen LogP contribution in [0, 0.1) is 5.92 Å². The highest BCUT2D eigenvalue weighted by atomic mass is 35.5. The molecule has 1 rings (SSSR count). The number of rotatable bonds is 8. The Balaban J connectivity index is 2.49. The van der Waals surface area contributed by atoms with E-state index in [0.29, 0.717) is 15.7 Å². The molecular weight excluding hydrogens is 327 g/mol. The summed E-state index contributed by atoms with van der Waals surface area (Å²) >= 11 is 11.8. The molecular formula is C15H20Cl2N2O3. The first-order valence-corrected chi connectivity index (χ1v) is 7.81. The number of carbonyl (C=O) groups is 2. The summed E-state index contributed by atoms with van der Waals surface area (Å²) in [5.41, 5.74) is 0.441. The third kappa shape index (κ3) is 5.83.